The summed E-state index contributed by atoms with van der Waals surface area (Å²) < 4.78 is 46.1. The van der Waals surface area contributed by atoms with Crippen LogP contribution in [0.1, 0.15) is 19.3 Å². The molecule has 1 aromatic carbocycles. The molecule has 3 N–H and O–H groups in total. The highest BCUT2D eigenvalue weighted by Crippen LogP contribution is 2.35. The van der Waals surface area contributed by atoms with Crippen molar-refractivity contribution in [3.05, 3.63) is 24.0 Å². The Morgan fingerprint density at radius 2 is 2.16 bits per heavy atom. The second kappa shape index (κ2) is 4.43. The average molecular weight is 286 g/mol. The van der Waals surface area contributed by atoms with Crippen molar-refractivity contribution in [1.29, 1.82) is 0 Å². The highest BCUT2D eigenvalue weighted by Gasteiger charge is 2.42. The van der Waals surface area contributed by atoms with Gasteiger partial charge in [0.1, 0.15) is 10.7 Å². The van der Waals surface area contributed by atoms with E-state index in [1.54, 1.807) is 0 Å². The maximum Gasteiger partial charge on any atom is 0.243 e. The summed E-state index contributed by atoms with van der Waals surface area (Å²) >= 11 is 0. The minimum Gasteiger partial charge on any atom is -0.399 e. The molecule has 2 bridgehead atoms. The second-order valence-electron chi connectivity index (χ2n) is 5.03. The molecule has 2 heterocycles. The predicted molar refractivity (Wildman–Crippen MR) is 67.4 cm³/mol. The summed E-state index contributed by atoms with van der Waals surface area (Å²) in [5.41, 5.74) is 5.60. The SMILES string of the molecule is Nc1ccc(S(=O)(=O)NC2CC3CCC2O3)c(F)c1. The third kappa shape index (κ3) is 2.33. The standard InChI is InChI=1S/C12H15FN2O3S/c13-9-5-7(14)1-4-12(9)19(16,17)15-10-6-8-2-3-11(10)18-8/h1,4-5,8,10-11,15H,2-3,6,14H2. The van der Waals surface area contributed by atoms with E-state index in [2.05, 4.69) is 4.72 Å². The average Bonchev–Trinajstić information content (AvgIpc) is 2.89. The number of rotatable bonds is 3. The van der Waals surface area contributed by atoms with Crippen molar-refractivity contribution in [3.8, 4) is 0 Å². The number of ether oxygens (including phenoxy) is 1. The van der Waals surface area contributed by atoms with Crippen molar-refractivity contribution < 1.29 is 17.5 Å². The molecule has 1 aromatic rings. The quantitative estimate of drug-likeness (QED) is 0.812. The minimum atomic E-state index is -3.87. The Kier molecular flexibility index (Phi) is 2.99. The van der Waals surface area contributed by atoms with Crippen molar-refractivity contribution in [1.82, 2.24) is 4.72 Å². The Balaban J connectivity index is 1.83. The molecule has 0 aromatic heterocycles. The number of nitrogens with one attached hydrogen (secondary N) is 1. The van der Waals surface area contributed by atoms with Crippen LogP contribution in [-0.2, 0) is 14.8 Å². The van der Waals surface area contributed by atoms with Crippen LogP contribution >= 0.6 is 0 Å². The summed E-state index contributed by atoms with van der Waals surface area (Å²) in [6.45, 7) is 0. The van der Waals surface area contributed by atoms with E-state index >= 15 is 0 Å². The summed E-state index contributed by atoms with van der Waals surface area (Å²) in [4.78, 5) is -0.371. The molecule has 0 saturated carbocycles. The summed E-state index contributed by atoms with van der Waals surface area (Å²) in [5.74, 6) is -0.837. The molecule has 2 saturated heterocycles. The zero-order valence-electron chi connectivity index (χ0n) is 10.2. The molecule has 3 atom stereocenters. The number of sulfonamides is 1. The maximum absolute atomic E-state index is 13.7. The van der Waals surface area contributed by atoms with Crippen molar-refractivity contribution in [2.24, 2.45) is 0 Å². The van der Waals surface area contributed by atoms with Gasteiger partial charge in [0.05, 0.1) is 18.2 Å². The van der Waals surface area contributed by atoms with Crippen molar-refractivity contribution in [3.63, 3.8) is 0 Å². The fraction of sp³-hybridized carbons (Fsp3) is 0.500. The first-order valence-electron chi connectivity index (χ1n) is 6.18. The zero-order valence-corrected chi connectivity index (χ0v) is 11.0. The van der Waals surface area contributed by atoms with Gasteiger partial charge in [-0.2, -0.15) is 0 Å². The van der Waals surface area contributed by atoms with E-state index in [4.69, 9.17) is 10.5 Å². The van der Waals surface area contributed by atoms with Crippen LogP contribution < -0.4 is 10.5 Å². The molecule has 2 aliphatic heterocycles. The summed E-state index contributed by atoms with van der Waals surface area (Å²) in [7, 11) is -3.87. The van der Waals surface area contributed by atoms with Crippen molar-refractivity contribution in [2.45, 2.75) is 42.4 Å². The molecule has 0 aliphatic carbocycles. The summed E-state index contributed by atoms with van der Waals surface area (Å²) in [5, 5.41) is 0. The van der Waals surface area contributed by atoms with Gasteiger partial charge >= 0.3 is 0 Å². The number of nitrogens with two attached hydrogens (primary N) is 1. The number of hydrogen-bond donors (Lipinski definition) is 2. The highest BCUT2D eigenvalue weighted by molar-refractivity contribution is 7.89. The third-order valence-electron chi connectivity index (χ3n) is 3.66. The van der Waals surface area contributed by atoms with Gasteiger partial charge < -0.3 is 10.5 Å². The Morgan fingerprint density at radius 1 is 1.37 bits per heavy atom. The minimum absolute atomic E-state index is 0.0865. The van der Waals surface area contributed by atoms with Crippen molar-refractivity contribution in [2.75, 3.05) is 5.73 Å². The molecule has 3 rings (SSSR count). The lowest BCUT2D eigenvalue weighted by Crippen LogP contribution is -2.41. The lowest BCUT2D eigenvalue weighted by Gasteiger charge is -2.20. The molecule has 0 amide bonds. The van der Waals surface area contributed by atoms with Gasteiger partial charge in [0.25, 0.3) is 0 Å². The van der Waals surface area contributed by atoms with Crippen LogP contribution in [0.25, 0.3) is 0 Å². The smallest absolute Gasteiger partial charge is 0.243 e. The van der Waals surface area contributed by atoms with Crippen LogP contribution in [0.5, 0.6) is 0 Å². The molecule has 7 heteroatoms. The first-order valence-corrected chi connectivity index (χ1v) is 7.67. The van der Waals surface area contributed by atoms with Gasteiger partial charge in [-0.15, -0.1) is 0 Å². The molecule has 0 radical (unpaired) electrons. The Bertz CT molecular complexity index is 605. The fourth-order valence-electron chi connectivity index (χ4n) is 2.76. The van der Waals surface area contributed by atoms with E-state index in [1.165, 1.54) is 12.1 Å². The Morgan fingerprint density at radius 3 is 2.74 bits per heavy atom. The molecule has 19 heavy (non-hydrogen) atoms. The van der Waals surface area contributed by atoms with Crippen molar-refractivity contribution >= 4 is 15.7 Å². The van der Waals surface area contributed by atoms with Gasteiger partial charge in [-0.1, -0.05) is 0 Å². The second-order valence-corrected chi connectivity index (χ2v) is 6.71. The van der Waals surface area contributed by atoms with Crippen LogP contribution in [-0.4, -0.2) is 26.7 Å². The molecule has 5 nitrogen and oxygen atoms in total. The van der Waals surface area contributed by atoms with E-state index < -0.39 is 15.8 Å². The van der Waals surface area contributed by atoms with Crippen LogP contribution in [0.2, 0.25) is 0 Å². The van der Waals surface area contributed by atoms with Crippen LogP contribution in [0.4, 0.5) is 10.1 Å². The maximum atomic E-state index is 13.7. The number of anilines is 1. The predicted octanol–water partition coefficient (Wildman–Crippen LogP) is 1.01. The number of fused-ring (bicyclic) bond motifs is 2. The lowest BCUT2D eigenvalue weighted by atomic mass is 9.96. The van der Waals surface area contributed by atoms with Crippen LogP contribution in [0.15, 0.2) is 23.1 Å². The first-order chi connectivity index (χ1) is 8.95. The highest BCUT2D eigenvalue weighted by atomic mass is 32.2. The van der Waals surface area contributed by atoms with Gasteiger partial charge in [0.15, 0.2) is 0 Å². The first kappa shape index (κ1) is 12.8. The lowest BCUT2D eigenvalue weighted by molar-refractivity contribution is 0.0996. The molecular weight excluding hydrogens is 271 g/mol. The number of benzene rings is 1. The summed E-state index contributed by atoms with van der Waals surface area (Å²) in [6.07, 6.45) is 2.52. The van der Waals surface area contributed by atoms with Gasteiger partial charge in [-0.3, -0.25) is 0 Å². The third-order valence-corrected chi connectivity index (χ3v) is 5.18. The number of nitrogen functional groups attached to an aromatic ring is 1. The molecule has 104 valence electrons. The molecule has 0 spiro atoms. The van der Waals surface area contributed by atoms with Gasteiger partial charge in [-0.05, 0) is 37.5 Å². The molecule has 3 unspecified atom stereocenters. The molecule has 2 aliphatic rings. The summed E-state index contributed by atoms with van der Waals surface area (Å²) in [6, 6.07) is 3.29. The van der Waals surface area contributed by atoms with Gasteiger partial charge in [0, 0.05) is 5.69 Å². The van der Waals surface area contributed by atoms with Crippen LogP contribution in [0, 0.1) is 5.82 Å². The van der Waals surface area contributed by atoms with Gasteiger partial charge in [0.2, 0.25) is 10.0 Å². The normalized spacial score (nSPS) is 29.8. The largest absolute Gasteiger partial charge is 0.399 e. The zero-order chi connectivity index (χ0) is 13.6. The van der Waals surface area contributed by atoms with E-state index in [9.17, 15) is 12.8 Å². The van der Waals surface area contributed by atoms with E-state index in [0.717, 1.165) is 18.9 Å². The number of hydrogen-bond acceptors (Lipinski definition) is 4. The number of halogens is 1. The van der Waals surface area contributed by atoms with Crippen LogP contribution in [0.3, 0.4) is 0 Å². The Hall–Kier alpha value is -1.18. The van der Waals surface area contributed by atoms with E-state index in [0.29, 0.717) is 6.42 Å². The van der Waals surface area contributed by atoms with E-state index in [-0.39, 0.29) is 28.8 Å². The molecule has 2 fully saturated rings. The van der Waals surface area contributed by atoms with E-state index in [1.807, 2.05) is 0 Å². The Labute approximate surface area is 111 Å². The van der Waals surface area contributed by atoms with Gasteiger partial charge in [-0.25, -0.2) is 17.5 Å². The molecular formula is C12H15FN2O3S. The monoisotopic (exact) mass is 286 g/mol. The topological polar surface area (TPSA) is 81.4 Å². The fourth-order valence-corrected chi connectivity index (χ4v) is 4.10.